The zero-order valence-corrected chi connectivity index (χ0v) is 9.19. The van der Waals surface area contributed by atoms with Crippen LogP contribution in [0.15, 0.2) is 30.3 Å². The van der Waals surface area contributed by atoms with Crippen LogP contribution in [0.4, 0.5) is 0 Å². The molecule has 0 saturated carbocycles. The molecular weight excluding hydrogens is 235 g/mol. The fraction of sp³-hybridized carbons (Fsp3) is 0.200. The van der Waals surface area contributed by atoms with Crippen molar-refractivity contribution in [2.75, 3.05) is 5.33 Å². The average Bonchev–Trinajstić information content (AvgIpc) is 2.06. The number of rotatable bonds is 2. The Morgan fingerprint density at radius 1 is 1.42 bits per heavy atom. The highest BCUT2D eigenvalue weighted by molar-refractivity contribution is 9.09. The molecule has 0 atom stereocenters. The van der Waals surface area contributed by atoms with Crippen molar-refractivity contribution < 1.29 is 0 Å². The molecule has 0 fully saturated rings. The molecule has 1 aromatic carbocycles. The second-order valence-electron chi connectivity index (χ2n) is 2.55. The Morgan fingerprint density at radius 3 is 2.50 bits per heavy atom. The van der Waals surface area contributed by atoms with Gasteiger partial charge in [0.05, 0.1) is 0 Å². The predicted molar refractivity (Wildman–Crippen MR) is 58.9 cm³/mol. The Bertz CT molecular complexity index is 274. The second-order valence-corrected chi connectivity index (χ2v) is 3.63. The molecule has 0 aliphatic heterocycles. The average molecular weight is 246 g/mol. The van der Waals surface area contributed by atoms with Gasteiger partial charge in [0.1, 0.15) is 0 Å². The molecule has 0 saturated heterocycles. The van der Waals surface area contributed by atoms with Crippen LogP contribution in [0.3, 0.4) is 0 Å². The quantitative estimate of drug-likeness (QED) is 0.687. The van der Waals surface area contributed by atoms with Gasteiger partial charge >= 0.3 is 0 Å². The van der Waals surface area contributed by atoms with E-state index in [1.54, 1.807) is 0 Å². The zero-order chi connectivity index (χ0) is 8.97. The van der Waals surface area contributed by atoms with Crippen LogP contribution in [-0.4, -0.2) is 5.33 Å². The number of hydrogen-bond donors (Lipinski definition) is 0. The summed E-state index contributed by atoms with van der Waals surface area (Å²) in [7, 11) is 0. The molecule has 2 heteroatoms. The lowest BCUT2D eigenvalue weighted by atomic mass is 10.1. The highest BCUT2D eigenvalue weighted by atomic mass is 79.9. The van der Waals surface area contributed by atoms with Crippen LogP contribution >= 0.6 is 27.5 Å². The van der Waals surface area contributed by atoms with E-state index in [2.05, 4.69) is 28.9 Å². The lowest BCUT2D eigenvalue weighted by Gasteiger charge is -1.99. The summed E-state index contributed by atoms with van der Waals surface area (Å²) in [5.74, 6) is 0. The van der Waals surface area contributed by atoms with Crippen LogP contribution in [-0.2, 0) is 0 Å². The van der Waals surface area contributed by atoms with Crippen LogP contribution in [0, 0.1) is 0 Å². The van der Waals surface area contributed by atoms with Crippen molar-refractivity contribution in [1.82, 2.24) is 0 Å². The number of allylic oxidation sites excluding steroid dienone is 2. The minimum atomic E-state index is 0.783. The van der Waals surface area contributed by atoms with Gasteiger partial charge in [-0.3, -0.25) is 0 Å². The van der Waals surface area contributed by atoms with Crippen molar-refractivity contribution in [3.63, 3.8) is 0 Å². The van der Waals surface area contributed by atoms with Crippen molar-refractivity contribution in [1.29, 1.82) is 0 Å². The summed E-state index contributed by atoms with van der Waals surface area (Å²) >= 11 is 9.12. The molecule has 0 unspecified atom stereocenters. The molecule has 64 valence electrons. The van der Waals surface area contributed by atoms with Crippen molar-refractivity contribution in [2.45, 2.75) is 6.92 Å². The normalized spacial score (nSPS) is 11.8. The highest BCUT2D eigenvalue weighted by Gasteiger charge is 1.93. The number of benzene rings is 1. The van der Waals surface area contributed by atoms with E-state index >= 15 is 0 Å². The van der Waals surface area contributed by atoms with Crippen LogP contribution in [0.1, 0.15) is 12.5 Å². The molecule has 0 N–H and O–H groups in total. The molecule has 0 aromatic heterocycles. The van der Waals surface area contributed by atoms with E-state index in [1.807, 2.05) is 24.3 Å². The van der Waals surface area contributed by atoms with Gasteiger partial charge in [0.2, 0.25) is 0 Å². The third-order valence-corrected chi connectivity index (χ3v) is 2.26. The molecule has 0 aliphatic rings. The Morgan fingerprint density at radius 2 is 2.00 bits per heavy atom. The minimum Gasteiger partial charge on any atom is -0.0883 e. The summed E-state index contributed by atoms with van der Waals surface area (Å²) in [6.45, 7) is 2.09. The maximum Gasteiger partial charge on any atom is 0.0406 e. The van der Waals surface area contributed by atoms with E-state index in [-0.39, 0.29) is 0 Å². The monoisotopic (exact) mass is 244 g/mol. The summed E-state index contributed by atoms with van der Waals surface area (Å²) in [6, 6.07) is 7.86. The lowest BCUT2D eigenvalue weighted by Crippen LogP contribution is -1.78. The van der Waals surface area contributed by atoms with Crippen LogP contribution in [0.25, 0.3) is 5.57 Å². The highest BCUT2D eigenvalue weighted by Crippen LogP contribution is 2.16. The van der Waals surface area contributed by atoms with Gasteiger partial charge in [-0.25, -0.2) is 0 Å². The van der Waals surface area contributed by atoms with Gasteiger partial charge in [-0.15, -0.1) is 0 Å². The van der Waals surface area contributed by atoms with Gasteiger partial charge in [0.15, 0.2) is 0 Å². The summed E-state index contributed by atoms with van der Waals surface area (Å²) in [5, 5.41) is 1.67. The summed E-state index contributed by atoms with van der Waals surface area (Å²) in [6.07, 6.45) is 2.13. The van der Waals surface area contributed by atoms with Crippen molar-refractivity contribution >= 4 is 33.1 Å². The Hall–Kier alpha value is -0.270. The van der Waals surface area contributed by atoms with Gasteiger partial charge in [-0.05, 0) is 30.2 Å². The fourth-order valence-electron chi connectivity index (χ4n) is 0.946. The standard InChI is InChI=1S/C10H10BrCl/c1-8(6-7-11)9-2-4-10(12)5-3-9/h2-6H,7H2,1H3/b8-6-. The molecule has 0 spiro atoms. The van der Waals surface area contributed by atoms with Gasteiger partial charge in [0, 0.05) is 10.4 Å². The van der Waals surface area contributed by atoms with Crippen molar-refractivity contribution in [3.8, 4) is 0 Å². The largest absolute Gasteiger partial charge is 0.0883 e. The number of hydrogen-bond acceptors (Lipinski definition) is 0. The summed E-state index contributed by atoms with van der Waals surface area (Å²) in [4.78, 5) is 0. The SMILES string of the molecule is C/C(=C/CBr)c1ccc(Cl)cc1. The zero-order valence-electron chi connectivity index (χ0n) is 6.85. The maximum absolute atomic E-state index is 5.76. The van der Waals surface area contributed by atoms with Gasteiger partial charge in [-0.2, -0.15) is 0 Å². The van der Waals surface area contributed by atoms with Crippen LogP contribution in [0.5, 0.6) is 0 Å². The van der Waals surface area contributed by atoms with E-state index in [9.17, 15) is 0 Å². The Kier molecular flexibility index (Phi) is 3.83. The summed E-state index contributed by atoms with van der Waals surface area (Å²) in [5.41, 5.74) is 2.49. The third-order valence-electron chi connectivity index (χ3n) is 1.68. The molecule has 0 aliphatic carbocycles. The molecule has 0 nitrogen and oxygen atoms in total. The first-order valence-electron chi connectivity index (χ1n) is 3.72. The van der Waals surface area contributed by atoms with Gasteiger partial charge in [-0.1, -0.05) is 45.7 Å². The first-order valence-corrected chi connectivity index (χ1v) is 5.22. The Balaban J connectivity index is 2.89. The molecule has 0 amide bonds. The first kappa shape index (κ1) is 9.82. The number of alkyl halides is 1. The maximum atomic E-state index is 5.76. The van der Waals surface area contributed by atoms with E-state index in [1.165, 1.54) is 11.1 Å². The van der Waals surface area contributed by atoms with Crippen LogP contribution < -0.4 is 0 Å². The topological polar surface area (TPSA) is 0 Å². The predicted octanol–water partition coefficient (Wildman–Crippen LogP) is 4.14. The van der Waals surface area contributed by atoms with Crippen molar-refractivity contribution in [2.24, 2.45) is 0 Å². The van der Waals surface area contributed by atoms with E-state index in [4.69, 9.17) is 11.6 Å². The Labute approximate surface area is 86.4 Å². The molecule has 0 heterocycles. The number of halogens is 2. The smallest absolute Gasteiger partial charge is 0.0406 e. The van der Waals surface area contributed by atoms with Gasteiger partial charge < -0.3 is 0 Å². The lowest BCUT2D eigenvalue weighted by molar-refractivity contribution is 1.55. The van der Waals surface area contributed by atoms with E-state index in [0.29, 0.717) is 0 Å². The van der Waals surface area contributed by atoms with Crippen LogP contribution in [0.2, 0.25) is 5.02 Å². The van der Waals surface area contributed by atoms with Crippen molar-refractivity contribution in [3.05, 3.63) is 40.9 Å². The first-order chi connectivity index (χ1) is 5.74. The molecule has 1 aromatic rings. The summed E-state index contributed by atoms with van der Waals surface area (Å²) < 4.78 is 0. The molecule has 0 bridgehead atoms. The van der Waals surface area contributed by atoms with E-state index in [0.717, 1.165) is 10.4 Å². The second kappa shape index (κ2) is 4.68. The molecule has 1 rings (SSSR count). The van der Waals surface area contributed by atoms with Gasteiger partial charge in [0.25, 0.3) is 0 Å². The third kappa shape index (κ3) is 2.65. The molecule has 0 radical (unpaired) electrons. The molecule has 12 heavy (non-hydrogen) atoms. The minimum absolute atomic E-state index is 0.783. The fourth-order valence-corrected chi connectivity index (χ4v) is 1.56. The molecular formula is C10H10BrCl. The van der Waals surface area contributed by atoms with E-state index < -0.39 is 0 Å².